The number of hydrogen-bond acceptors (Lipinski definition) is 9. The Morgan fingerprint density at radius 2 is 2.00 bits per heavy atom. The zero-order valence-electron chi connectivity index (χ0n) is 21.6. The Hall–Kier alpha value is -3.57. The lowest BCUT2D eigenvalue weighted by atomic mass is 10.1. The first-order valence-corrected chi connectivity index (χ1v) is 12.6. The first kappa shape index (κ1) is 26.5. The Balaban J connectivity index is 1.61. The van der Waals surface area contributed by atoms with Crippen LogP contribution >= 0.6 is 0 Å². The molecule has 1 aliphatic heterocycles. The minimum Gasteiger partial charge on any atom is -0.481 e. The Kier molecular flexibility index (Phi) is 9.02. The summed E-state index contributed by atoms with van der Waals surface area (Å²) in [6.07, 6.45) is 6.13. The summed E-state index contributed by atoms with van der Waals surface area (Å²) in [6.45, 7) is 4.52. The number of pyridine rings is 2. The van der Waals surface area contributed by atoms with E-state index in [-0.39, 0.29) is 29.9 Å². The van der Waals surface area contributed by atoms with Gasteiger partial charge < -0.3 is 24.4 Å². The number of carbonyl (C=O) groups excluding carboxylic acids is 1. The molecule has 1 atom stereocenters. The van der Waals surface area contributed by atoms with Gasteiger partial charge in [0, 0.05) is 62.9 Å². The van der Waals surface area contributed by atoms with Crippen LogP contribution in [0.5, 0.6) is 5.88 Å². The van der Waals surface area contributed by atoms with Gasteiger partial charge in [-0.1, -0.05) is 6.92 Å². The molecular weight excluding hydrogens is 476 g/mol. The van der Waals surface area contributed by atoms with Crippen molar-refractivity contribution in [2.75, 3.05) is 52.4 Å². The fraction of sp³-hybridized carbons (Fsp3) is 0.500. The minimum absolute atomic E-state index is 0.0356. The monoisotopic (exact) mass is 510 g/mol. The highest BCUT2D eigenvalue weighted by molar-refractivity contribution is 5.82. The van der Waals surface area contributed by atoms with Gasteiger partial charge in [0.05, 0.1) is 31.9 Å². The van der Waals surface area contributed by atoms with Crippen LogP contribution in [0.25, 0.3) is 22.3 Å². The predicted octanol–water partition coefficient (Wildman–Crippen LogP) is 2.34. The molecule has 198 valence electrons. The second kappa shape index (κ2) is 12.6. The summed E-state index contributed by atoms with van der Waals surface area (Å²) in [5.74, 6) is 0.496. The number of ether oxygens (including phenoxy) is 3. The van der Waals surface area contributed by atoms with Gasteiger partial charge in [0.2, 0.25) is 11.8 Å². The summed E-state index contributed by atoms with van der Waals surface area (Å²) >= 11 is 0. The highest BCUT2D eigenvalue weighted by atomic mass is 16.5. The van der Waals surface area contributed by atoms with Gasteiger partial charge in [-0.3, -0.25) is 14.2 Å². The summed E-state index contributed by atoms with van der Waals surface area (Å²) in [4.78, 5) is 41.3. The minimum atomic E-state index is -0.333. The molecule has 0 unspecified atom stereocenters. The molecule has 11 nitrogen and oxygen atoms in total. The van der Waals surface area contributed by atoms with Crippen molar-refractivity contribution in [3.63, 3.8) is 0 Å². The quantitative estimate of drug-likeness (QED) is 0.388. The van der Waals surface area contributed by atoms with Crippen LogP contribution in [0.1, 0.15) is 26.2 Å². The van der Waals surface area contributed by atoms with Crippen molar-refractivity contribution in [1.82, 2.24) is 24.4 Å². The van der Waals surface area contributed by atoms with Gasteiger partial charge in [-0.2, -0.15) is 0 Å². The number of carbonyl (C=O) groups is 1. The number of nitrogens with one attached hydrogen (secondary N) is 1. The van der Waals surface area contributed by atoms with E-state index in [1.807, 2.05) is 19.1 Å². The van der Waals surface area contributed by atoms with Crippen LogP contribution in [0.3, 0.4) is 0 Å². The van der Waals surface area contributed by atoms with Gasteiger partial charge in [0.25, 0.3) is 5.56 Å². The van der Waals surface area contributed by atoms with Crippen LogP contribution in [-0.2, 0) is 20.8 Å². The molecule has 1 fully saturated rings. The summed E-state index contributed by atoms with van der Waals surface area (Å²) in [7, 11) is 3.22. The topological polar surface area (TPSA) is 121 Å². The van der Waals surface area contributed by atoms with Gasteiger partial charge in [0.15, 0.2) is 11.5 Å². The van der Waals surface area contributed by atoms with E-state index in [4.69, 9.17) is 14.2 Å². The van der Waals surface area contributed by atoms with Gasteiger partial charge in [-0.05, 0) is 31.4 Å². The molecule has 1 aliphatic rings. The largest absolute Gasteiger partial charge is 0.481 e. The molecule has 0 saturated carbocycles. The second-order valence-corrected chi connectivity index (χ2v) is 8.88. The lowest BCUT2D eigenvalue weighted by molar-refractivity contribution is -0.132. The van der Waals surface area contributed by atoms with Crippen molar-refractivity contribution in [2.45, 2.75) is 38.8 Å². The van der Waals surface area contributed by atoms with Crippen molar-refractivity contribution in [2.24, 2.45) is 0 Å². The number of nitrogens with zero attached hydrogens (tertiary/aromatic N) is 5. The molecule has 11 heteroatoms. The van der Waals surface area contributed by atoms with Crippen LogP contribution < -0.4 is 15.6 Å². The molecular formula is C26H34N6O5. The van der Waals surface area contributed by atoms with Gasteiger partial charge in [0.1, 0.15) is 0 Å². The van der Waals surface area contributed by atoms with E-state index < -0.39 is 0 Å². The number of methoxy groups -OCH3 is 2. The molecule has 37 heavy (non-hydrogen) atoms. The van der Waals surface area contributed by atoms with E-state index in [2.05, 4.69) is 20.3 Å². The molecule has 1 N–H and O–H groups in total. The Morgan fingerprint density at radius 3 is 2.73 bits per heavy atom. The Labute approximate surface area is 215 Å². The average Bonchev–Trinajstić information content (AvgIpc) is 2.95. The molecule has 1 saturated heterocycles. The zero-order valence-corrected chi connectivity index (χ0v) is 21.6. The van der Waals surface area contributed by atoms with Crippen LogP contribution in [0, 0.1) is 0 Å². The van der Waals surface area contributed by atoms with Crippen molar-refractivity contribution in [1.29, 1.82) is 0 Å². The van der Waals surface area contributed by atoms with Crippen molar-refractivity contribution in [3.8, 4) is 17.0 Å². The zero-order chi connectivity index (χ0) is 26.2. The molecule has 0 aromatic carbocycles. The maximum absolute atomic E-state index is 13.4. The number of hydrogen-bond donors (Lipinski definition) is 1. The number of aromatic nitrogens is 4. The molecule has 3 aromatic rings. The maximum Gasteiger partial charge on any atom is 0.293 e. The number of amides is 1. The van der Waals surface area contributed by atoms with E-state index in [0.717, 1.165) is 30.4 Å². The molecule has 0 bridgehead atoms. The van der Waals surface area contributed by atoms with Crippen LogP contribution in [0.15, 0.2) is 35.4 Å². The average molecular weight is 511 g/mol. The maximum atomic E-state index is 13.4. The SMILES string of the molecule is CCCOCCn1c(=O)c(NCC(=O)N2CCC[C@H](OC)C2)nc2ncc(-c3ccc(OC)nc3)cc21. The standard InChI is InChI=1S/C26H34N6O5/c1-4-11-37-12-10-32-21-13-19(18-7-8-22(36-3)27-14-18)15-28-24(21)30-25(26(32)34)29-16-23(33)31-9-5-6-20(17-31)35-2/h7-8,13-15,20H,4-6,9-12,16-17H2,1-3H3,(H,28,29,30)/t20-/m0/s1. The number of fused-ring (bicyclic) bond motifs is 1. The summed E-state index contributed by atoms with van der Waals surface area (Å²) in [5.41, 5.74) is 2.27. The Bertz CT molecular complexity index is 1260. The molecule has 4 heterocycles. The molecule has 0 spiro atoms. The lowest BCUT2D eigenvalue weighted by Crippen LogP contribution is -2.45. The van der Waals surface area contributed by atoms with E-state index in [9.17, 15) is 9.59 Å². The first-order valence-electron chi connectivity index (χ1n) is 12.6. The summed E-state index contributed by atoms with van der Waals surface area (Å²) in [6, 6.07) is 5.52. The van der Waals surface area contributed by atoms with E-state index in [0.29, 0.717) is 49.9 Å². The highest BCUT2D eigenvalue weighted by Gasteiger charge is 2.23. The van der Waals surface area contributed by atoms with Gasteiger partial charge >= 0.3 is 0 Å². The van der Waals surface area contributed by atoms with Crippen molar-refractivity contribution >= 4 is 22.9 Å². The summed E-state index contributed by atoms with van der Waals surface area (Å²) < 4.78 is 17.8. The number of piperidine rings is 1. The molecule has 1 amide bonds. The van der Waals surface area contributed by atoms with E-state index in [1.165, 1.54) is 0 Å². The third-order valence-electron chi connectivity index (χ3n) is 6.36. The fourth-order valence-electron chi connectivity index (χ4n) is 4.32. The van der Waals surface area contributed by atoms with E-state index >= 15 is 0 Å². The van der Waals surface area contributed by atoms with Crippen LogP contribution in [0.2, 0.25) is 0 Å². The number of likely N-dealkylation sites (tertiary alicyclic amines) is 1. The smallest absolute Gasteiger partial charge is 0.293 e. The van der Waals surface area contributed by atoms with Crippen molar-refractivity contribution in [3.05, 3.63) is 40.9 Å². The first-order chi connectivity index (χ1) is 18.0. The van der Waals surface area contributed by atoms with Crippen LogP contribution in [-0.4, -0.2) is 83.5 Å². The van der Waals surface area contributed by atoms with Gasteiger partial charge in [-0.25, -0.2) is 15.0 Å². The summed E-state index contributed by atoms with van der Waals surface area (Å²) in [5, 5.41) is 2.95. The number of anilines is 1. The van der Waals surface area contributed by atoms with Crippen molar-refractivity contribution < 1.29 is 19.0 Å². The van der Waals surface area contributed by atoms with E-state index in [1.54, 1.807) is 42.1 Å². The highest BCUT2D eigenvalue weighted by Crippen LogP contribution is 2.23. The Morgan fingerprint density at radius 1 is 1.16 bits per heavy atom. The molecule has 0 aliphatic carbocycles. The van der Waals surface area contributed by atoms with Crippen LogP contribution in [0.4, 0.5) is 5.82 Å². The lowest BCUT2D eigenvalue weighted by Gasteiger charge is -2.32. The third kappa shape index (κ3) is 6.41. The molecule has 0 radical (unpaired) electrons. The third-order valence-corrected chi connectivity index (χ3v) is 6.36. The normalized spacial score (nSPS) is 15.6. The van der Waals surface area contributed by atoms with Gasteiger partial charge in [-0.15, -0.1) is 0 Å². The predicted molar refractivity (Wildman–Crippen MR) is 140 cm³/mol. The fourth-order valence-corrected chi connectivity index (χ4v) is 4.32. The number of rotatable bonds is 11. The molecule has 3 aromatic heterocycles. The molecule has 4 rings (SSSR count). The second-order valence-electron chi connectivity index (χ2n) is 8.88.